The number of aromatic nitrogens is 1. The van der Waals surface area contributed by atoms with Gasteiger partial charge in [-0.2, -0.15) is 0 Å². The van der Waals surface area contributed by atoms with E-state index in [4.69, 9.17) is 4.42 Å². The summed E-state index contributed by atoms with van der Waals surface area (Å²) in [5.74, 6) is 0.429. The molecule has 0 bridgehead atoms. The van der Waals surface area contributed by atoms with E-state index in [0.717, 1.165) is 15.4 Å². The average molecular weight is 331 g/mol. The van der Waals surface area contributed by atoms with E-state index in [9.17, 15) is 4.79 Å². The van der Waals surface area contributed by atoms with Crippen molar-refractivity contribution < 1.29 is 9.21 Å². The van der Waals surface area contributed by atoms with Crippen molar-refractivity contribution in [3.63, 3.8) is 0 Å². The molecule has 1 N–H and O–H groups in total. The molecular weight excluding hydrogens is 320 g/mol. The third kappa shape index (κ3) is 2.58. The minimum Gasteiger partial charge on any atom is -0.451 e. The molecule has 0 saturated carbocycles. The predicted molar refractivity (Wildman–Crippen MR) is 80.8 cm³/mol. The number of nitrogens with one attached hydrogen (secondary N) is 1. The molecule has 0 unspecified atom stereocenters. The SMILES string of the molecule is Cc1ccc2oc(C(=O)Nc3cc(Br)ccn3)cc2c1. The fourth-order valence-corrected chi connectivity index (χ4v) is 2.26. The molecule has 0 aliphatic heterocycles. The summed E-state index contributed by atoms with van der Waals surface area (Å²) in [7, 11) is 0. The maximum atomic E-state index is 12.1. The van der Waals surface area contributed by atoms with E-state index in [1.807, 2.05) is 25.1 Å². The molecule has 0 atom stereocenters. The fourth-order valence-electron chi connectivity index (χ4n) is 1.93. The van der Waals surface area contributed by atoms with Crippen LogP contribution in [0.2, 0.25) is 0 Å². The molecule has 4 nitrogen and oxygen atoms in total. The molecular formula is C15H11BrN2O2. The molecule has 3 rings (SSSR count). The van der Waals surface area contributed by atoms with Crippen LogP contribution in [-0.4, -0.2) is 10.9 Å². The number of hydrogen-bond donors (Lipinski definition) is 1. The van der Waals surface area contributed by atoms with Gasteiger partial charge in [-0.1, -0.05) is 27.6 Å². The summed E-state index contributed by atoms with van der Waals surface area (Å²) in [6, 6.07) is 11.0. The number of rotatable bonds is 2. The Hall–Kier alpha value is -2.14. The Labute approximate surface area is 123 Å². The maximum absolute atomic E-state index is 12.1. The van der Waals surface area contributed by atoms with Gasteiger partial charge in [0, 0.05) is 16.1 Å². The number of anilines is 1. The molecule has 3 aromatic rings. The van der Waals surface area contributed by atoms with Gasteiger partial charge < -0.3 is 9.73 Å². The van der Waals surface area contributed by atoms with Crippen LogP contribution in [0.4, 0.5) is 5.82 Å². The van der Waals surface area contributed by atoms with Crippen LogP contribution >= 0.6 is 15.9 Å². The van der Waals surface area contributed by atoms with Crippen LogP contribution in [0.1, 0.15) is 16.1 Å². The molecule has 0 fully saturated rings. The predicted octanol–water partition coefficient (Wildman–Crippen LogP) is 4.15. The number of furan rings is 1. The van der Waals surface area contributed by atoms with Crippen LogP contribution in [0, 0.1) is 6.92 Å². The largest absolute Gasteiger partial charge is 0.451 e. The summed E-state index contributed by atoms with van der Waals surface area (Å²) >= 11 is 3.33. The zero-order valence-corrected chi connectivity index (χ0v) is 12.3. The molecule has 0 radical (unpaired) electrons. The number of nitrogens with zero attached hydrogens (tertiary/aromatic N) is 1. The third-order valence-electron chi connectivity index (χ3n) is 2.86. The van der Waals surface area contributed by atoms with Crippen LogP contribution in [-0.2, 0) is 0 Å². The van der Waals surface area contributed by atoms with E-state index in [2.05, 4.69) is 26.2 Å². The van der Waals surface area contributed by atoms with Crippen molar-refractivity contribution in [3.8, 4) is 0 Å². The van der Waals surface area contributed by atoms with Gasteiger partial charge in [0.15, 0.2) is 5.76 Å². The highest BCUT2D eigenvalue weighted by Gasteiger charge is 2.13. The number of amides is 1. The number of aryl methyl sites for hydroxylation is 1. The van der Waals surface area contributed by atoms with Gasteiger partial charge in [0.25, 0.3) is 5.91 Å². The Morgan fingerprint density at radius 2 is 2.10 bits per heavy atom. The van der Waals surface area contributed by atoms with Gasteiger partial charge in [0.05, 0.1) is 0 Å². The minimum atomic E-state index is -0.315. The molecule has 100 valence electrons. The standard InChI is InChI=1S/C15H11BrN2O2/c1-9-2-3-12-10(6-9)7-13(20-12)15(19)18-14-8-11(16)4-5-17-14/h2-8H,1H3,(H,17,18,19). The van der Waals surface area contributed by atoms with E-state index in [1.54, 1.807) is 24.4 Å². The van der Waals surface area contributed by atoms with Crippen molar-refractivity contribution in [3.05, 3.63) is 58.4 Å². The number of pyridine rings is 1. The van der Waals surface area contributed by atoms with Gasteiger partial charge in [-0.25, -0.2) is 4.98 Å². The Kier molecular flexibility index (Phi) is 3.28. The Balaban J connectivity index is 1.88. The second-order valence-corrected chi connectivity index (χ2v) is 5.38. The molecule has 0 aliphatic carbocycles. The van der Waals surface area contributed by atoms with Crippen LogP contribution in [0.3, 0.4) is 0 Å². The quantitative estimate of drug-likeness (QED) is 0.767. The van der Waals surface area contributed by atoms with Crippen LogP contribution < -0.4 is 5.32 Å². The number of benzene rings is 1. The minimum absolute atomic E-state index is 0.271. The molecule has 20 heavy (non-hydrogen) atoms. The van der Waals surface area contributed by atoms with Gasteiger partial charge in [-0.3, -0.25) is 4.79 Å². The second-order valence-electron chi connectivity index (χ2n) is 4.47. The summed E-state index contributed by atoms with van der Waals surface area (Å²) in [5, 5.41) is 3.62. The smallest absolute Gasteiger partial charge is 0.292 e. The highest BCUT2D eigenvalue weighted by molar-refractivity contribution is 9.10. The highest BCUT2D eigenvalue weighted by Crippen LogP contribution is 2.21. The third-order valence-corrected chi connectivity index (χ3v) is 3.35. The Morgan fingerprint density at radius 3 is 2.90 bits per heavy atom. The first-order chi connectivity index (χ1) is 9.61. The monoisotopic (exact) mass is 330 g/mol. The lowest BCUT2D eigenvalue weighted by Gasteiger charge is -2.01. The van der Waals surface area contributed by atoms with E-state index >= 15 is 0 Å². The van der Waals surface area contributed by atoms with Gasteiger partial charge in [-0.05, 0) is 37.3 Å². The number of carbonyl (C=O) groups is 1. The van der Waals surface area contributed by atoms with Crippen molar-refractivity contribution >= 4 is 38.6 Å². The summed E-state index contributed by atoms with van der Waals surface area (Å²) in [6.45, 7) is 2.00. The van der Waals surface area contributed by atoms with E-state index < -0.39 is 0 Å². The number of hydrogen-bond acceptors (Lipinski definition) is 3. The van der Waals surface area contributed by atoms with Gasteiger partial charge in [0.1, 0.15) is 11.4 Å². The maximum Gasteiger partial charge on any atom is 0.292 e. The number of halogens is 1. The van der Waals surface area contributed by atoms with Crippen molar-refractivity contribution in [2.24, 2.45) is 0 Å². The van der Waals surface area contributed by atoms with Gasteiger partial charge >= 0.3 is 0 Å². The Morgan fingerprint density at radius 1 is 1.25 bits per heavy atom. The highest BCUT2D eigenvalue weighted by atomic mass is 79.9. The Bertz CT molecular complexity index is 795. The number of fused-ring (bicyclic) bond motifs is 1. The first kappa shape index (κ1) is 12.9. The van der Waals surface area contributed by atoms with Crippen LogP contribution in [0.5, 0.6) is 0 Å². The molecule has 1 amide bonds. The van der Waals surface area contributed by atoms with Crippen LogP contribution in [0.25, 0.3) is 11.0 Å². The summed E-state index contributed by atoms with van der Waals surface area (Å²) in [4.78, 5) is 16.2. The molecule has 0 spiro atoms. The summed E-state index contributed by atoms with van der Waals surface area (Å²) < 4.78 is 6.39. The average Bonchev–Trinajstić information content (AvgIpc) is 2.81. The lowest BCUT2D eigenvalue weighted by molar-refractivity contribution is 0.0998. The van der Waals surface area contributed by atoms with E-state index in [1.165, 1.54) is 0 Å². The summed E-state index contributed by atoms with van der Waals surface area (Å²) in [5.41, 5.74) is 1.82. The van der Waals surface area contributed by atoms with Gasteiger partial charge in [0.2, 0.25) is 0 Å². The molecule has 0 saturated heterocycles. The second kappa shape index (κ2) is 5.09. The van der Waals surface area contributed by atoms with E-state index in [-0.39, 0.29) is 11.7 Å². The normalized spacial score (nSPS) is 10.7. The van der Waals surface area contributed by atoms with E-state index in [0.29, 0.717) is 11.4 Å². The molecule has 5 heteroatoms. The van der Waals surface area contributed by atoms with Crippen LogP contribution in [0.15, 0.2) is 51.5 Å². The molecule has 2 heterocycles. The molecule has 0 aliphatic rings. The van der Waals surface area contributed by atoms with Crippen molar-refractivity contribution in [1.82, 2.24) is 4.98 Å². The topological polar surface area (TPSA) is 55.1 Å². The van der Waals surface area contributed by atoms with Crippen molar-refractivity contribution in [2.75, 3.05) is 5.32 Å². The van der Waals surface area contributed by atoms with Gasteiger partial charge in [-0.15, -0.1) is 0 Å². The molecule has 1 aromatic carbocycles. The fraction of sp³-hybridized carbons (Fsp3) is 0.0667. The first-order valence-electron chi connectivity index (χ1n) is 6.05. The van der Waals surface area contributed by atoms with Crippen molar-refractivity contribution in [2.45, 2.75) is 6.92 Å². The lowest BCUT2D eigenvalue weighted by atomic mass is 10.2. The molecule has 2 aromatic heterocycles. The summed E-state index contributed by atoms with van der Waals surface area (Å²) in [6.07, 6.45) is 1.61. The zero-order valence-electron chi connectivity index (χ0n) is 10.7. The lowest BCUT2D eigenvalue weighted by Crippen LogP contribution is -2.11. The zero-order chi connectivity index (χ0) is 14.1. The number of carbonyl (C=O) groups excluding carboxylic acids is 1. The first-order valence-corrected chi connectivity index (χ1v) is 6.84. The van der Waals surface area contributed by atoms with Crippen molar-refractivity contribution in [1.29, 1.82) is 0 Å².